The standard InChI is InChI=1S/C6H6N4O/c1-3-9-4(2-7)5(10-3)6(8)11/h1H3,(H2,8,11)(H,9,10). The lowest BCUT2D eigenvalue weighted by Gasteiger charge is -1.85. The Morgan fingerprint density at radius 1 is 1.82 bits per heavy atom. The third-order valence-electron chi connectivity index (χ3n) is 1.17. The lowest BCUT2D eigenvalue weighted by atomic mass is 10.3. The number of carbonyl (C=O) groups excluding carboxylic acids is 1. The largest absolute Gasteiger partial charge is 0.364 e. The predicted molar refractivity (Wildman–Crippen MR) is 36.6 cm³/mol. The molecule has 1 amide bonds. The van der Waals surface area contributed by atoms with E-state index in [9.17, 15) is 4.79 Å². The Kier molecular flexibility index (Phi) is 1.60. The molecule has 1 aromatic heterocycles. The van der Waals surface area contributed by atoms with E-state index in [0.29, 0.717) is 5.82 Å². The molecule has 1 rings (SSSR count). The predicted octanol–water partition coefficient (Wildman–Crippen LogP) is -0.311. The van der Waals surface area contributed by atoms with Crippen LogP contribution in [0.4, 0.5) is 0 Å². The van der Waals surface area contributed by atoms with Gasteiger partial charge in [0.2, 0.25) is 0 Å². The molecule has 0 aliphatic heterocycles. The first kappa shape index (κ1) is 7.28. The van der Waals surface area contributed by atoms with Gasteiger partial charge in [-0.25, -0.2) is 4.98 Å². The second-order valence-electron chi connectivity index (χ2n) is 2.02. The summed E-state index contributed by atoms with van der Waals surface area (Å²) in [5.41, 5.74) is 5.07. The van der Waals surface area contributed by atoms with E-state index in [0.717, 1.165) is 0 Å². The summed E-state index contributed by atoms with van der Waals surface area (Å²) in [6, 6.07) is 1.75. The molecule has 0 atom stereocenters. The number of H-pyrrole nitrogens is 1. The number of hydrogen-bond acceptors (Lipinski definition) is 3. The van der Waals surface area contributed by atoms with Gasteiger partial charge in [0.05, 0.1) is 0 Å². The Labute approximate surface area is 62.8 Å². The molecule has 0 radical (unpaired) electrons. The maximum Gasteiger partial charge on any atom is 0.268 e. The van der Waals surface area contributed by atoms with Crippen molar-refractivity contribution in [2.45, 2.75) is 6.92 Å². The molecule has 11 heavy (non-hydrogen) atoms. The average molecular weight is 150 g/mol. The van der Waals surface area contributed by atoms with Gasteiger partial charge in [-0.05, 0) is 6.92 Å². The van der Waals surface area contributed by atoms with Crippen molar-refractivity contribution >= 4 is 5.91 Å². The van der Waals surface area contributed by atoms with E-state index in [1.54, 1.807) is 13.0 Å². The molecule has 5 heteroatoms. The molecular formula is C6H6N4O. The van der Waals surface area contributed by atoms with Crippen LogP contribution in [0.2, 0.25) is 0 Å². The molecule has 0 bridgehead atoms. The summed E-state index contributed by atoms with van der Waals surface area (Å²) in [6.45, 7) is 1.65. The molecule has 0 saturated heterocycles. The number of primary amides is 1. The van der Waals surface area contributed by atoms with E-state index in [1.165, 1.54) is 0 Å². The minimum atomic E-state index is -0.665. The number of nitriles is 1. The van der Waals surface area contributed by atoms with Crippen LogP contribution in [-0.4, -0.2) is 15.9 Å². The van der Waals surface area contributed by atoms with Gasteiger partial charge in [-0.2, -0.15) is 5.26 Å². The fourth-order valence-corrected chi connectivity index (χ4v) is 0.751. The smallest absolute Gasteiger partial charge is 0.268 e. The van der Waals surface area contributed by atoms with Crippen LogP contribution in [0, 0.1) is 18.3 Å². The second-order valence-corrected chi connectivity index (χ2v) is 2.02. The van der Waals surface area contributed by atoms with E-state index >= 15 is 0 Å². The number of nitrogens with one attached hydrogen (secondary N) is 1. The van der Waals surface area contributed by atoms with Gasteiger partial charge in [-0.1, -0.05) is 0 Å². The summed E-state index contributed by atoms with van der Waals surface area (Å²) in [5.74, 6) is -0.155. The van der Waals surface area contributed by atoms with E-state index < -0.39 is 5.91 Å². The van der Waals surface area contributed by atoms with Crippen molar-refractivity contribution in [3.63, 3.8) is 0 Å². The number of aryl methyl sites for hydroxylation is 1. The van der Waals surface area contributed by atoms with Crippen LogP contribution < -0.4 is 5.73 Å². The molecule has 5 nitrogen and oxygen atoms in total. The number of imidazole rings is 1. The SMILES string of the molecule is Cc1nc(C#N)c(C(N)=O)[nH]1. The minimum absolute atomic E-state index is 0.0509. The second kappa shape index (κ2) is 2.42. The van der Waals surface area contributed by atoms with Crippen molar-refractivity contribution in [3.05, 3.63) is 17.2 Å². The van der Waals surface area contributed by atoms with Gasteiger partial charge < -0.3 is 10.7 Å². The number of hydrogen-bond donors (Lipinski definition) is 2. The first-order valence-corrected chi connectivity index (χ1v) is 2.91. The number of aromatic nitrogens is 2. The number of aromatic amines is 1. The Morgan fingerprint density at radius 3 is 2.82 bits per heavy atom. The summed E-state index contributed by atoms with van der Waals surface area (Å²) in [6.07, 6.45) is 0. The van der Waals surface area contributed by atoms with Crippen LogP contribution in [0.3, 0.4) is 0 Å². The molecule has 0 spiro atoms. The Hall–Kier alpha value is -1.83. The third-order valence-corrected chi connectivity index (χ3v) is 1.17. The molecule has 0 aromatic carbocycles. The van der Waals surface area contributed by atoms with Gasteiger partial charge in [0.25, 0.3) is 5.91 Å². The van der Waals surface area contributed by atoms with E-state index in [2.05, 4.69) is 9.97 Å². The van der Waals surface area contributed by atoms with Crippen molar-refractivity contribution in [2.24, 2.45) is 5.73 Å². The number of nitrogens with two attached hydrogens (primary N) is 1. The normalized spacial score (nSPS) is 9.09. The number of amides is 1. The number of nitrogens with zero attached hydrogens (tertiary/aromatic N) is 2. The molecular weight excluding hydrogens is 144 g/mol. The van der Waals surface area contributed by atoms with Crippen molar-refractivity contribution < 1.29 is 4.79 Å². The van der Waals surface area contributed by atoms with Crippen LogP contribution >= 0.6 is 0 Å². The highest BCUT2D eigenvalue weighted by atomic mass is 16.1. The summed E-state index contributed by atoms with van der Waals surface area (Å²) >= 11 is 0. The maximum absolute atomic E-state index is 10.6. The third kappa shape index (κ3) is 1.19. The van der Waals surface area contributed by atoms with Crippen molar-refractivity contribution in [1.82, 2.24) is 9.97 Å². The minimum Gasteiger partial charge on any atom is -0.364 e. The fourth-order valence-electron chi connectivity index (χ4n) is 0.751. The lowest BCUT2D eigenvalue weighted by molar-refractivity contribution is 0.0995. The number of carbonyl (C=O) groups is 1. The van der Waals surface area contributed by atoms with E-state index in [1.807, 2.05) is 0 Å². The highest BCUT2D eigenvalue weighted by Gasteiger charge is 2.11. The van der Waals surface area contributed by atoms with Crippen LogP contribution in [-0.2, 0) is 0 Å². The lowest BCUT2D eigenvalue weighted by Crippen LogP contribution is -2.12. The summed E-state index contributed by atoms with van der Waals surface area (Å²) in [5, 5.41) is 8.44. The summed E-state index contributed by atoms with van der Waals surface area (Å²) in [7, 11) is 0. The van der Waals surface area contributed by atoms with Gasteiger partial charge in [0.1, 0.15) is 17.6 Å². The van der Waals surface area contributed by atoms with Crippen LogP contribution in [0.5, 0.6) is 0 Å². The monoisotopic (exact) mass is 150 g/mol. The van der Waals surface area contributed by atoms with Crippen LogP contribution in [0.25, 0.3) is 0 Å². The van der Waals surface area contributed by atoms with E-state index in [-0.39, 0.29) is 11.4 Å². The first-order valence-electron chi connectivity index (χ1n) is 2.91. The van der Waals surface area contributed by atoms with Crippen LogP contribution in [0.1, 0.15) is 22.0 Å². The quantitative estimate of drug-likeness (QED) is 0.574. The summed E-state index contributed by atoms with van der Waals surface area (Å²) in [4.78, 5) is 16.9. The zero-order chi connectivity index (χ0) is 8.43. The molecule has 0 fully saturated rings. The van der Waals surface area contributed by atoms with Crippen LogP contribution in [0.15, 0.2) is 0 Å². The molecule has 0 saturated carbocycles. The fraction of sp³-hybridized carbons (Fsp3) is 0.167. The van der Waals surface area contributed by atoms with Gasteiger partial charge in [-0.15, -0.1) is 0 Å². The molecule has 1 heterocycles. The Morgan fingerprint density at radius 2 is 2.45 bits per heavy atom. The zero-order valence-electron chi connectivity index (χ0n) is 5.88. The molecule has 0 aliphatic rings. The van der Waals surface area contributed by atoms with Crippen molar-refractivity contribution in [1.29, 1.82) is 5.26 Å². The average Bonchev–Trinajstić information content (AvgIpc) is 2.30. The highest BCUT2D eigenvalue weighted by Crippen LogP contribution is 2.02. The zero-order valence-corrected chi connectivity index (χ0v) is 5.88. The maximum atomic E-state index is 10.6. The van der Waals surface area contributed by atoms with Crippen molar-refractivity contribution in [3.8, 4) is 6.07 Å². The molecule has 56 valence electrons. The topological polar surface area (TPSA) is 95.6 Å². The highest BCUT2D eigenvalue weighted by molar-refractivity contribution is 5.92. The Bertz CT molecular complexity index is 333. The Balaban J connectivity index is 3.26. The molecule has 3 N–H and O–H groups in total. The summed E-state index contributed by atoms with van der Waals surface area (Å²) < 4.78 is 0. The van der Waals surface area contributed by atoms with Gasteiger partial charge in [0, 0.05) is 0 Å². The van der Waals surface area contributed by atoms with E-state index in [4.69, 9.17) is 11.0 Å². The van der Waals surface area contributed by atoms with Crippen molar-refractivity contribution in [2.75, 3.05) is 0 Å². The van der Waals surface area contributed by atoms with Gasteiger partial charge >= 0.3 is 0 Å². The molecule has 0 aliphatic carbocycles. The first-order chi connectivity index (χ1) is 5.15. The molecule has 0 unspecified atom stereocenters. The molecule has 1 aromatic rings. The van der Waals surface area contributed by atoms with Gasteiger partial charge in [-0.3, -0.25) is 4.79 Å². The number of rotatable bonds is 1. The van der Waals surface area contributed by atoms with Gasteiger partial charge in [0.15, 0.2) is 5.69 Å².